The highest BCUT2D eigenvalue weighted by atomic mass is 32.2. The summed E-state index contributed by atoms with van der Waals surface area (Å²) < 4.78 is 23.6. The number of anilines is 1. The van der Waals surface area contributed by atoms with Gasteiger partial charge in [-0.2, -0.15) is 0 Å². The van der Waals surface area contributed by atoms with E-state index in [0.29, 0.717) is 19.6 Å². The maximum atomic E-state index is 11.8. The highest BCUT2D eigenvalue weighted by Gasteiger charge is 2.23. The van der Waals surface area contributed by atoms with Gasteiger partial charge in [-0.05, 0) is 12.0 Å². The van der Waals surface area contributed by atoms with Crippen LogP contribution in [0, 0.1) is 16.0 Å². The lowest BCUT2D eigenvalue weighted by Gasteiger charge is -2.33. The number of sulfonamides is 1. The second-order valence-electron chi connectivity index (χ2n) is 6.21. The minimum Gasteiger partial charge on any atom is -0.382 e. The molecule has 0 amide bonds. The first-order valence-corrected chi connectivity index (χ1v) is 9.67. The van der Waals surface area contributed by atoms with Gasteiger partial charge in [0.15, 0.2) is 0 Å². The summed E-state index contributed by atoms with van der Waals surface area (Å²) in [6.07, 6.45) is 3.58. The zero-order valence-corrected chi connectivity index (χ0v) is 15.9. The molecule has 0 heterocycles. The molecular formula is C17H26N4O4S. The average molecular weight is 382 g/mol. The predicted molar refractivity (Wildman–Crippen MR) is 104 cm³/mol. The molecule has 0 radical (unpaired) electrons. The number of nitro benzene ring substituents is 1. The monoisotopic (exact) mass is 382 g/mol. The van der Waals surface area contributed by atoms with Crippen molar-refractivity contribution in [2.45, 2.75) is 24.8 Å². The summed E-state index contributed by atoms with van der Waals surface area (Å²) in [6, 6.07) is 3.63. The molecule has 0 aliphatic heterocycles. The molecule has 0 spiro atoms. The Kier molecular flexibility index (Phi) is 7.94. The zero-order valence-electron chi connectivity index (χ0n) is 15.1. The second kappa shape index (κ2) is 9.46. The van der Waals surface area contributed by atoms with Crippen LogP contribution in [0.5, 0.6) is 0 Å². The molecule has 0 saturated heterocycles. The molecule has 144 valence electrons. The van der Waals surface area contributed by atoms with Crippen molar-refractivity contribution in [1.29, 1.82) is 0 Å². The average Bonchev–Trinajstić information content (AvgIpc) is 2.54. The minimum absolute atomic E-state index is 0.0644. The molecule has 1 unspecified atom stereocenters. The smallest absolute Gasteiger partial charge is 0.270 e. The molecule has 26 heavy (non-hydrogen) atoms. The Hall–Kier alpha value is -2.23. The lowest BCUT2D eigenvalue weighted by molar-refractivity contribution is -0.385. The van der Waals surface area contributed by atoms with Crippen molar-refractivity contribution in [3.8, 4) is 0 Å². The van der Waals surface area contributed by atoms with Crippen molar-refractivity contribution in [2.75, 3.05) is 25.0 Å². The molecule has 1 aromatic carbocycles. The Morgan fingerprint density at radius 2 is 1.88 bits per heavy atom. The maximum absolute atomic E-state index is 11.8. The third kappa shape index (κ3) is 5.94. The van der Waals surface area contributed by atoms with Crippen LogP contribution in [0.1, 0.15) is 13.8 Å². The molecule has 9 heteroatoms. The fourth-order valence-corrected chi connectivity index (χ4v) is 3.42. The van der Waals surface area contributed by atoms with Gasteiger partial charge in [-0.15, -0.1) is 13.2 Å². The van der Waals surface area contributed by atoms with Crippen LogP contribution in [0.15, 0.2) is 48.4 Å². The van der Waals surface area contributed by atoms with Crippen LogP contribution in [-0.4, -0.2) is 43.9 Å². The highest BCUT2D eigenvalue weighted by molar-refractivity contribution is 7.89. The number of primary sulfonamides is 1. The Labute approximate surface area is 154 Å². The van der Waals surface area contributed by atoms with Crippen molar-refractivity contribution in [3.63, 3.8) is 0 Å². The Morgan fingerprint density at radius 1 is 1.31 bits per heavy atom. The van der Waals surface area contributed by atoms with Gasteiger partial charge < -0.3 is 5.32 Å². The molecule has 1 aromatic rings. The molecule has 8 nitrogen and oxygen atoms in total. The van der Waals surface area contributed by atoms with Crippen LogP contribution in [0.25, 0.3) is 0 Å². The van der Waals surface area contributed by atoms with E-state index in [0.717, 1.165) is 6.07 Å². The number of non-ortho nitro benzene ring substituents is 1. The van der Waals surface area contributed by atoms with E-state index in [1.165, 1.54) is 12.1 Å². The molecule has 0 aromatic heterocycles. The van der Waals surface area contributed by atoms with Gasteiger partial charge in [-0.3, -0.25) is 15.0 Å². The number of rotatable bonds is 11. The Bertz CT molecular complexity index is 752. The van der Waals surface area contributed by atoms with Gasteiger partial charge in [0.05, 0.1) is 10.6 Å². The Morgan fingerprint density at radius 3 is 2.31 bits per heavy atom. The summed E-state index contributed by atoms with van der Waals surface area (Å²) in [5, 5.41) is 19.2. The molecule has 1 rings (SSSR count). The highest BCUT2D eigenvalue weighted by Crippen LogP contribution is 2.26. The van der Waals surface area contributed by atoms with Crippen LogP contribution < -0.4 is 10.5 Å². The number of nitrogens with two attached hydrogens (primary N) is 1. The number of nitrogens with zero attached hydrogens (tertiary/aromatic N) is 2. The fraction of sp³-hybridized carbons (Fsp3) is 0.412. The van der Waals surface area contributed by atoms with Crippen LogP contribution >= 0.6 is 0 Å². The molecule has 0 saturated carbocycles. The first-order chi connectivity index (χ1) is 12.1. The summed E-state index contributed by atoms with van der Waals surface area (Å²) in [5.74, 6) is 0.262. The van der Waals surface area contributed by atoms with Crippen molar-refractivity contribution in [2.24, 2.45) is 11.1 Å². The largest absolute Gasteiger partial charge is 0.382 e. The van der Waals surface area contributed by atoms with E-state index >= 15 is 0 Å². The van der Waals surface area contributed by atoms with Crippen molar-refractivity contribution in [3.05, 3.63) is 53.6 Å². The summed E-state index contributed by atoms with van der Waals surface area (Å²) >= 11 is 0. The molecule has 0 aliphatic rings. The van der Waals surface area contributed by atoms with Gasteiger partial charge in [0.2, 0.25) is 10.0 Å². The SMILES string of the molecule is C=CCN(CC=C)C(CNc1ccc([N+](=O)[O-])cc1S(N)(=O)=O)C(C)C. The van der Waals surface area contributed by atoms with Gasteiger partial charge in [-0.1, -0.05) is 26.0 Å². The number of hydrogen-bond donors (Lipinski definition) is 2. The fourth-order valence-electron chi connectivity index (χ4n) is 2.68. The lowest BCUT2D eigenvalue weighted by Crippen LogP contribution is -2.44. The summed E-state index contributed by atoms with van der Waals surface area (Å²) in [5.41, 5.74) is -0.0965. The Balaban J connectivity index is 3.14. The zero-order chi connectivity index (χ0) is 19.9. The van der Waals surface area contributed by atoms with E-state index < -0.39 is 14.9 Å². The van der Waals surface area contributed by atoms with E-state index in [1.807, 2.05) is 0 Å². The summed E-state index contributed by atoms with van der Waals surface area (Å²) in [6.45, 7) is 13.4. The van der Waals surface area contributed by atoms with Gasteiger partial charge in [0.25, 0.3) is 5.69 Å². The van der Waals surface area contributed by atoms with Gasteiger partial charge >= 0.3 is 0 Å². The van der Waals surface area contributed by atoms with E-state index in [4.69, 9.17) is 5.14 Å². The maximum Gasteiger partial charge on any atom is 0.270 e. The van der Waals surface area contributed by atoms with Gasteiger partial charge in [0, 0.05) is 37.8 Å². The van der Waals surface area contributed by atoms with Gasteiger partial charge in [0.1, 0.15) is 4.90 Å². The second-order valence-corrected chi connectivity index (χ2v) is 7.74. The number of nitro groups is 1. The summed E-state index contributed by atoms with van der Waals surface area (Å²) in [7, 11) is -4.11. The van der Waals surface area contributed by atoms with Gasteiger partial charge in [-0.25, -0.2) is 13.6 Å². The third-order valence-electron chi connectivity index (χ3n) is 3.95. The third-order valence-corrected chi connectivity index (χ3v) is 4.90. The standard InChI is InChI=1S/C17H26N4O4S/c1-5-9-20(10-6-2)16(13(3)4)12-19-15-8-7-14(21(22)23)11-17(15)26(18,24)25/h5-8,11,13,16,19H,1-2,9-10,12H2,3-4H3,(H2,18,24,25). The van der Waals surface area contributed by atoms with Crippen LogP contribution in [0.3, 0.4) is 0 Å². The molecule has 3 N–H and O–H groups in total. The number of nitrogens with one attached hydrogen (secondary N) is 1. The summed E-state index contributed by atoms with van der Waals surface area (Å²) in [4.78, 5) is 12.1. The molecule has 0 fully saturated rings. The quantitative estimate of drug-likeness (QED) is 0.344. The van der Waals surface area contributed by atoms with E-state index in [1.54, 1.807) is 12.2 Å². The van der Waals surface area contributed by atoms with E-state index in [9.17, 15) is 18.5 Å². The lowest BCUT2D eigenvalue weighted by atomic mass is 10.0. The molecular weight excluding hydrogens is 356 g/mol. The van der Waals surface area contributed by atoms with E-state index in [-0.39, 0.29) is 28.2 Å². The van der Waals surface area contributed by atoms with Crippen molar-refractivity contribution in [1.82, 2.24) is 4.90 Å². The normalized spacial score (nSPS) is 12.8. The van der Waals surface area contributed by atoms with Crippen molar-refractivity contribution >= 4 is 21.4 Å². The topological polar surface area (TPSA) is 119 Å². The minimum atomic E-state index is -4.11. The first kappa shape index (κ1) is 21.8. The van der Waals surface area contributed by atoms with Crippen LogP contribution in [-0.2, 0) is 10.0 Å². The van der Waals surface area contributed by atoms with Crippen LogP contribution in [0.4, 0.5) is 11.4 Å². The molecule has 0 aliphatic carbocycles. The van der Waals surface area contributed by atoms with Crippen LogP contribution in [0.2, 0.25) is 0 Å². The molecule has 1 atom stereocenters. The van der Waals surface area contributed by atoms with E-state index in [2.05, 4.69) is 37.2 Å². The first-order valence-electron chi connectivity index (χ1n) is 8.12. The molecule has 0 bridgehead atoms. The number of benzene rings is 1. The van der Waals surface area contributed by atoms with Crippen molar-refractivity contribution < 1.29 is 13.3 Å². The number of hydrogen-bond acceptors (Lipinski definition) is 6. The predicted octanol–water partition coefficient (Wildman–Crippen LogP) is 2.35.